The molecule has 0 radical (unpaired) electrons. The zero-order valence-corrected chi connectivity index (χ0v) is 21.7. The maximum atomic E-state index is 12.2. The van der Waals surface area contributed by atoms with Gasteiger partial charge in [0.25, 0.3) is 0 Å². The van der Waals surface area contributed by atoms with Crippen molar-refractivity contribution in [3.63, 3.8) is 0 Å². The van der Waals surface area contributed by atoms with Gasteiger partial charge in [-0.15, -0.1) is 0 Å². The highest BCUT2D eigenvalue weighted by Gasteiger charge is 2.24. The van der Waals surface area contributed by atoms with Crippen LogP contribution in [0.2, 0.25) is 0 Å². The van der Waals surface area contributed by atoms with Gasteiger partial charge in [0.15, 0.2) is 0 Å². The van der Waals surface area contributed by atoms with Crippen molar-refractivity contribution in [1.29, 1.82) is 0 Å². The van der Waals surface area contributed by atoms with Crippen LogP contribution in [-0.2, 0) is 4.74 Å². The van der Waals surface area contributed by atoms with Crippen LogP contribution in [0.25, 0.3) is 21.5 Å². The second-order valence-electron chi connectivity index (χ2n) is 9.26. The number of fused-ring (bicyclic) bond motifs is 2. The lowest BCUT2D eigenvalue weighted by molar-refractivity contribution is 0.105. The molecule has 0 unspecified atom stereocenters. The minimum atomic E-state index is -0.288. The first-order chi connectivity index (χ1) is 19.2. The van der Waals surface area contributed by atoms with Crippen LogP contribution in [0, 0.1) is 0 Å². The van der Waals surface area contributed by atoms with E-state index in [-0.39, 0.29) is 6.09 Å². The number of ether oxygens (including phenoxy) is 1. The van der Waals surface area contributed by atoms with Crippen molar-refractivity contribution < 1.29 is 9.53 Å². The molecule has 1 aliphatic heterocycles. The van der Waals surface area contributed by atoms with Gasteiger partial charge in [-0.05, 0) is 29.8 Å². The van der Waals surface area contributed by atoms with Crippen LogP contribution in [0.3, 0.4) is 0 Å². The lowest BCUT2D eigenvalue weighted by atomic mass is 10.1. The molecular formula is C30H29N7O2. The molecule has 6 rings (SSSR count). The van der Waals surface area contributed by atoms with Gasteiger partial charge >= 0.3 is 6.09 Å². The van der Waals surface area contributed by atoms with Gasteiger partial charge in [-0.1, -0.05) is 72.8 Å². The topological polar surface area (TPSA) is 95.5 Å². The monoisotopic (exact) mass is 519 g/mol. The molecule has 2 N–H and O–H groups in total. The van der Waals surface area contributed by atoms with Gasteiger partial charge in [0, 0.05) is 48.3 Å². The molecule has 1 saturated heterocycles. The molecule has 0 atom stereocenters. The summed E-state index contributed by atoms with van der Waals surface area (Å²) < 4.78 is 5.17. The van der Waals surface area contributed by atoms with Gasteiger partial charge in [0.05, 0.1) is 6.61 Å². The van der Waals surface area contributed by atoms with E-state index >= 15 is 0 Å². The number of piperazine rings is 1. The van der Waals surface area contributed by atoms with Crippen LogP contribution in [0.15, 0.2) is 84.9 Å². The molecule has 0 saturated carbocycles. The SMILES string of the molecule is CCOC(=O)N1CCN(c2nc(Nc3cccc4ccccc34)nc(Nc3cccc4ccccc34)n2)CC1. The highest BCUT2D eigenvalue weighted by Crippen LogP contribution is 2.29. The molecule has 1 fully saturated rings. The third-order valence-electron chi connectivity index (χ3n) is 6.78. The molecule has 196 valence electrons. The van der Waals surface area contributed by atoms with Gasteiger partial charge in [-0.25, -0.2) is 4.79 Å². The molecule has 0 bridgehead atoms. The Bertz CT molecular complexity index is 1520. The van der Waals surface area contributed by atoms with E-state index < -0.39 is 0 Å². The molecule has 0 aliphatic carbocycles. The first kappa shape index (κ1) is 24.4. The summed E-state index contributed by atoms with van der Waals surface area (Å²) in [7, 11) is 0. The van der Waals surface area contributed by atoms with Crippen LogP contribution in [0.4, 0.5) is 34.0 Å². The summed E-state index contributed by atoms with van der Waals surface area (Å²) in [5, 5.41) is 11.2. The van der Waals surface area contributed by atoms with Crippen molar-refractivity contribution >= 4 is 56.9 Å². The van der Waals surface area contributed by atoms with Crippen LogP contribution in [-0.4, -0.2) is 58.7 Å². The summed E-state index contributed by atoms with van der Waals surface area (Å²) in [4.78, 5) is 30.3. The van der Waals surface area contributed by atoms with Crippen molar-refractivity contribution in [3.05, 3.63) is 84.9 Å². The Morgan fingerprint density at radius 1 is 0.718 bits per heavy atom. The molecular weight excluding hydrogens is 490 g/mol. The standard InChI is InChI=1S/C30H29N7O2/c1-2-39-30(38)37-19-17-36(18-20-37)29-34-27(31-25-15-7-11-21-9-3-5-13-23(21)25)33-28(35-29)32-26-16-8-12-22-10-4-6-14-24(22)26/h3-16H,2,17-20H2,1H3,(H2,31,32,33,34,35). The summed E-state index contributed by atoms with van der Waals surface area (Å²) in [6.45, 7) is 4.41. The fourth-order valence-corrected chi connectivity index (χ4v) is 4.83. The normalized spacial score (nSPS) is 13.5. The summed E-state index contributed by atoms with van der Waals surface area (Å²) >= 11 is 0. The quantitative estimate of drug-likeness (QED) is 0.284. The number of nitrogens with zero attached hydrogens (tertiary/aromatic N) is 5. The van der Waals surface area contributed by atoms with Crippen molar-refractivity contribution in [2.75, 3.05) is 48.3 Å². The van der Waals surface area contributed by atoms with Crippen LogP contribution in [0.1, 0.15) is 6.92 Å². The van der Waals surface area contributed by atoms with Crippen LogP contribution in [0.5, 0.6) is 0 Å². The number of rotatable bonds is 6. The molecule has 1 amide bonds. The Morgan fingerprint density at radius 3 is 1.77 bits per heavy atom. The fourth-order valence-electron chi connectivity index (χ4n) is 4.83. The van der Waals surface area contributed by atoms with Gasteiger partial charge in [-0.3, -0.25) is 0 Å². The second-order valence-corrected chi connectivity index (χ2v) is 9.26. The first-order valence-electron chi connectivity index (χ1n) is 13.1. The number of hydrogen-bond acceptors (Lipinski definition) is 8. The summed E-state index contributed by atoms with van der Waals surface area (Å²) in [6.07, 6.45) is -0.288. The molecule has 1 aromatic heterocycles. The molecule has 4 aromatic carbocycles. The number of carbonyl (C=O) groups is 1. The second kappa shape index (κ2) is 10.8. The lowest BCUT2D eigenvalue weighted by Gasteiger charge is -2.34. The van der Waals surface area contributed by atoms with Crippen molar-refractivity contribution in [2.45, 2.75) is 6.92 Å². The van der Waals surface area contributed by atoms with Gasteiger partial charge in [0.1, 0.15) is 0 Å². The Morgan fingerprint density at radius 2 is 1.23 bits per heavy atom. The van der Waals surface area contributed by atoms with E-state index in [9.17, 15) is 4.79 Å². The van der Waals surface area contributed by atoms with Crippen molar-refractivity contribution in [2.24, 2.45) is 0 Å². The van der Waals surface area contributed by atoms with E-state index in [0.29, 0.717) is 50.6 Å². The minimum absolute atomic E-state index is 0.288. The molecule has 9 heteroatoms. The zero-order valence-electron chi connectivity index (χ0n) is 21.7. The van der Waals surface area contributed by atoms with E-state index in [1.54, 1.807) is 4.90 Å². The van der Waals surface area contributed by atoms with Crippen LogP contribution >= 0.6 is 0 Å². The highest BCUT2D eigenvalue weighted by molar-refractivity contribution is 5.96. The number of amides is 1. The number of aromatic nitrogens is 3. The smallest absolute Gasteiger partial charge is 0.409 e. The Hall–Kier alpha value is -4.92. The van der Waals surface area contributed by atoms with E-state index in [1.807, 2.05) is 55.5 Å². The zero-order chi connectivity index (χ0) is 26.6. The summed E-state index contributed by atoms with van der Waals surface area (Å²) in [5.74, 6) is 1.41. The molecule has 0 spiro atoms. The molecule has 2 heterocycles. The Kier molecular flexibility index (Phi) is 6.78. The molecule has 9 nitrogen and oxygen atoms in total. The molecule has 1 aliphatic rings. The third kappa shape index (κ3) is 5.24. The number of carbonyl (C=O) groups excluding carboxylic acids is 1. The Labute approximate surface area is 226 Å². The van der Waals surface area contributed by atoms with Gasteiger partial charge in [0.2, 0.25) is 17.8 Å². The maximum Gasteiger partial charge on any atom is 0.409 e. The van der Waals surface area contributed by atoms with Gasteiger partial charge < -0.3 is 25.2 Å². The number of anilines is 5. The van der Waals surface area contributed by atoms with E-state index in [1.165, 1.54) is 0 Å². The third-order valence-corrected chi connectivity index (χ3v) is 6.78. The van der Waals surface area contributed by atoms with Gasteiger partial charge in [-0.2, -0.15) is 15.0 Å². The lowest BCUT2D eigenvalue weighted by Crippen LogP contribution is -2.49. The number of nitrogens with one attached hydrogen (secondary N) is 2. The average molecular weight is 520 g/mol. The van der Waals surface area contributed by atoms with E-state index in [0.717, 1.165) is 32.9 Å². The highest BCUT2D eigenvalue weighted by atomic mass is 16.6. The van der Waals surface area contributed by atoms with Crippen LogP contribution < -0.4 is 15.5 Å². The first-order valence-corrected chi connectivity index (χ1v) is 13.1. The average Bonchev–Trinajstić information content (AvgIpc) is 2.98. The minimum Gasteiger partial charge on any atom is -0.450 e. The predicted molar refractivity (Wildman–Crippen MR) is 155 cm³/mol. The number of benzene rings is 4. The summed E-state index contributed by atoms with van der Waals surface area (Å²) in [6, 6.07) is 28.6. The fraction of sp³-hybridized carbons (Fsp3) is 0.200. The number of hydrogen-bond donors (Lipinski definition) is 2. The maximum absolute atomic E-state index is 12.2. The predicted octanol–water partition coefficient (Wildman–Crippen LogP) is 5.94. The largest absolute Gasteiger partial charge is 0.450 e. The van der Waals surface area contributed by atoms with Crippen molar-refractivity contribution in [1.82, 2.24) is 19.9 Å². The molecule has 39 heavy (non-hydrogen) atoms. The molecule has 5 aromatic rings. The van der Waals surface area contributed by atoms with E-state index in [2.05, 4.69) is 51.9 Å². The van der Waals surface area contributed by atoms with Crippen molar-refractivity contribution in [3.8, 4) is 0 Å². The summed E-state index contributed by atoms with van der Waals surface area (Å²) in [5.41, 5.74) is 1.82. The Balaban J connectivity index is 1.34. The van der Waals surface area contributed by atoms with E-state index in [4.69, 9.17) is 19.7 Å².